The number of hydrogen-bond donors (Lipinski definition) is 0. The zero-order chi connectivity index (χ0) is 17.9. The molecule has 0 spiro atoms. The normalized spacial score (nSPS) is 25.4. The van der Waals surface area contributed by atoms with E-state index in [4.69, 9.17) is 9.47 Å². The van der Waals surface area contributed by atoms with Crippen LogP contribution in [0.2, 0.25) is 0 Å². The van der Waals surface area contributed by atoms with Gasteiger partial charge in [-0.1, -0.05) is 18.2 Å². The Morgan fingerprint density at radius 2 is 1.81 bits per heavy atom. The average molecular weight is 358 g/mol. The summed E-state index contributed by atoms with van der Waals surface area (Å²) in [5, 5.41) is 0. The van der Waals surface area contributed by atoms with Gasteiger partial charge in [-0.25, -0.2) is 0 Å². The molecule has 3 heterocycles. The summed E-state index contributed by atoms with van der Waals surface area (Å²) in [6, 6.07) is 8.55. The second-order valence-electron chi connectivity index (χ2n) is 7.87. The van der Waals surface area contributed by atoms with Gasteiger partial charge in [-0.3, -0.25) is 9.69 Å². The molecule has 0 N–H and O–H groups in total. The molecule has 142 valence electrons. The van der Waals surface area contributed by atoms with Crippen LogP contribution < -0.4 is 4.90 Å². The van der Waals surface area contributed by atoms with Gasteiger partial charge in [0, 0.05) is 38.0 Å². The number of rotatable bonds is 4. The molecule has 1 atom stereocenters. The molecule has 1 aromatic rings. The quantitative estimate of drug-likeness (QED) is 0.830. The lowest BCUT2D eigenvalue weighted by Crippen LogP contribution is -2.46. The number of hydrogen-bond acceptors (Lipinski definition) is 4. The Hall–Kier alpha value is -1.43. The van der Waals surface area contributed by atoms with Gasteiger partial charge >= 0.3 is 0 Å². The summed E-state index contributed by atoms with van der Waals surface area (Å²) >= 11 is 0. The van der Waals surface area contributed by atoms with E-state index in [1.165, 1.54) is 5.56 Å². The van der Waals surface area contributed by atoms with E-state index in [9.17, 15) is 4.79 Å². The van der Waals surface area contributed by atoms with Crippen molar-refractivity contribution in [3.8, 4) is 0 Å². The van der Waals surface area contributed by atoms with Crippen LogP contribution in [0.4, 0.5) is 5.69 Å². The van der Waals surface area contributed by atoms with E-state index in [0.29, 0.717) is 18.8 Å². The molecule has 1 amide bonds. The van der Waals surface area contributed by atoms with E-state index in [1.54, 1.807) is 0 Å². The van der Waals surface area contributed by atoms with Gasteiger partial charge in [0.25, 0.3) is 0 Å². The monoisotopic (exact) mass is 358 g/mol. The number of ether oxygens (including phenoxy) is 2. The lowest BCUT2D eigenvalue weighted by molar-refractivity contribution is -0.121. The highest BCUT2D eigenvalue weighted by atomic mass is 16.5. The molecule has 1 aromatic carbocycles. The van der Waals surface area contributed by atoms with Crippen molar-refractivity contribution in [3.05, 3.63) is 29.8 Å². The second kappa shape index (κ2) is 8.07. The minimum Gasteiger partial charge on any atom is -0.381 e. The first kappa shape index (κ1) is 18.0. The van der Waals surface area contributed by atoms with Crippen molar-refractivity contribution in [2.75, 3.05) is 37.7 Å². The summed E-state index contributed by atoms with van der Waals surface area (Å²) in [7, 11) is 0. The van der Waals surface area contributed by atoms with Gasteiger partial charge < -0.3 is 14.4 Å². The summed E-state index contributed by atoms with van der Waals surface area (Å²) in [6.45, 7) is 6.21. The van der Waals surface area contributed by atoms with Crippen molar-refractivity contribution in [1.82, 2.24) is 4.90 Å². The molecule has 2 fully saturated rings. The number of nitrogens with zero attached hydrogens (tertiary/aromatic N) is 2. The van der Waals surface area contributed by atoms with E-state index >= 15 is 0 Å². The summed E-state index contributed by atoms with van der Waals surface area (Å²) in [5.74, 6) is 0.228. The molecule has 4 rings (SSSR count). The first-order valence-corrected chi connectivity index (χ1v) is 10.1. The standard InChI is InChI=1S/C21H30N2O3/c1-16-14-17-4-2-3-5-20(17)23(16)21(24)15-22-10-6-18(7-11-22)26-19-8-12-25-13-9-19/h2-5,16,18-19H,6-15H2,1H3. The highest BCUT2D eigenvalue weighted by molar-refractivity contribution is 5.97. The Kier molecular flexibility index (Phi) is 5.57. The molecule has 3 aliphatic rings. The van der Waals surface area contributed by atoms with Crippen molar-refractivity contribution >= 4 is 11.6 Å². The zero-order valence-electron chi connectivity index (χ0n) is 15.7. The fraction of sp³-hybridized carbons (Fsp3) is 0.667. The zero-order valence-corrected chi connectivity index (χ0v) is 15.7. The van der Waals surface area contributed by atoms with E-state index < -0.39 is 0 Å². The minimum atomic E-state index is 0.228. The number of piperidine rings is 1. The number of fused-ring (bicyclic) bond motifs is 1. The molecule has 5 nitrogen and oxygen atoms in total. The van der Waals surface area contributed by atoms with Crippen LogP contribution in [0.5, 0.6) is 0 Å². The smallest absolute Gasteiger partial charge is 0.241 e. The fourth-order valence-electron chi connectivity index (χ4n) is 4.50. The predicted molar refractivity (Wildman–Crippen MR) is 101 cm³/mol. The van der Waals surface area contributed by atoms with Crippen LogP contribution in [-0.4, -0.2) is 61.9 Å². The van der Waals surface area contributed by atoms with Gasteiger partial charge in [-0.2, -0.15) is 0 Å². The summed E-state index contributed by atoms with van der Waals surface area (Å²) in [4.78, 5) is 17.2. The van der Waals surface area contributed by atoms with E-state index in [1.807, 2.05) is 11.0 Å². The molecule has 26 heavy (non-hydrogen) atoms. The second-order valence-corrected chi connectivity index (χ2v) is 7.87. The van der Waals surface area contributed by atoms with Gasteiger partial charge in [0.2, 0.25) is 5.91 Å². The van der Waals surface area contributed by atoms with E-state index in [0.717, 1.165) is 64.1 Å². The minimum absolute atomic E-state index is 0.228. The van der Waals surface area contributed by atoms with Crippen LogP contribution in [-0.2, 0) is 20.7 Å². The van der Waals surface area contributed by atoms with Crippen molar-refractivity contribution in [1.29, 1.82) is 0 Å². The van der Waals surface area contributed by atoms with Crippen LogP contribution in [0.15, 0.2) is 24.3 Å². The molecule has 1 unspecified atom stereocenters. The third kappa shape index (κ3) is 3.95. The van der Waals surface area contributed by atoms with Crippen molar-refractivity contribution < 1.29 is 14.3 Å². The maximum absolute atomic E-state index is 12.9. The number of likely N-dealkylation sites (tertiary alicyclic amines) is 1. The van der Waals surface area contributed by atoms with Crippen LogP contribution in [0, 0.1) is 0 Å². The molecule has 5 heteroatoms. The topological polar surface area (TPSA) is 42.0 Å². The Labute approximate surface area is 156 Å². The molecular formula is C21H30N2O3. The van der Waals surface area contributed by atoms with E-state index in [2.05, 4.69) is 30.0 Å². The van der Waals surface area contributed by atoms with Gasteiger partial charge in [0.1, 0.15) is 0 Å². The maximum atomic E-state index is 12.9. The Balaban J connectivity index is 1.27. The molecule has 0 bridgehead atoms. The van der Waals surface area contributed by atoms with Crippen LogP contribution in [0.25, 0.3) is 0 Å². The molecule has 0 radical (unpaired) electrons. The lowest BCUT2D eigenvalue weighted by Gasteiger charge is -2.35. The first-order valence-electron chi connectivity index (χ1n) is 10.1. The molecule has 2 saturated heterocycles. The fourth-order valence-corrected chi connectivity index (χ4v) is 4.50. The van der Waals surface area contributed by atoms with Gasteiger partial charge in [0.15, 0.2) is 0 Å². The Morgan fingerprint density at radius 3 is 2.58 bits per heavy atom. The Bertz CT molecular complexity index is 621. The van der Waals surface area contributed by atoms with Gasteiger partial charge in [0.05, 0.1) is 18.8 Å². The number of anilines is 1. The summed E-state index contributed by atoms with van der Waals surface area (Å²) in [5.41, 5.74) is 2.39. The Morgan fingerprint density at radius 1 is 1.12 bits per heavy atom. The van der Waals surface area contributed by atoms with Crippen molar-refractivity contribution in [2.45, 2.75) is 57.3 Å². The SMILES string of the molecule is CC1Cc2ccccc2N1C(=O)CN1CCC(OC2CCOCC2)CC1. The summed E-state index contributed by atoms with van der Waals surface area (Å²) in [6.07, 6.45) is 5.76. The number of carbonyl (C=O) groups excluding carboxylic acids is 1. The van der Waals surface area contributed by atoms with Crippen LogP contribution >= 0.6 is 0 Å². The number of para-hydroxylation sites is 1. The third-order valence-electron chi connectivity index (χ3n) is 5.92. The molecule has 0 aromatic heterocycles. The van der Waals surface area contributed by atoms with Crippen LogP contribution in [0.1, 0.15) is 38.2 Å². The van der Waals surface area contributed by atoms with Gasteiger partial charge in [-0.05, 0) is 50.7 Å². The molecule has 3 aliphatic heterocycles. The number of benzene rings is 1. The van der Waals surface area contributed by atoms with Crippen LogP contribution in [0.3, 0.4) is 0 Å². The third-order valence-corrected chi connectivity index (χ3v) is 5.92. The average Bonchev–Trinajstić information content (AvgIpc) is 3.00. The summed E-state index contributed by atoms with van der Waals surface area (Å²) < 4.78 is 11.6. The molecule has 0 aliphatic carbocycles. The number of carbonyl (C=O) groups is 1. The van der Waals surface area contributed by atoms with Gasteiger partial charge in [-0.15, -0.1) is 0 Å². The largest absolute Gasteiger partial charge is 0.381 e. The molecular weight excluding hydrogens is 328 g/mol. The van der Waals surface area contributed by atoms with Crippen molar-refractivity contribution in [2.24, 2.45) is 0 Å². The highest BCUT2D eigenvalue weighted by Crippen LogP contribution is 2.32. The lowest BCUT2D eigenvalue weighted by atomic mass is 10.1. The predicted octanol–water partition coefficient (Wildman–Crippen LogP) is 2.62. The molecule has 0 saturated carbocycles. The van der Waals surface area contributed by atoms with Crippen molar-refractivity contribution in [3.63, 3.8) is 0 Å². The highest BCUT2D eigenvalue weighted by Gasteiger charge is 2.32. The van der Waals surface area contributed by atoms with E-state index in [-0.39, 0.29) is 11.9 Å². The first-order chi connectivity index (χ1) is 12.7. The maximum Gasteiger partial charge on any atom is 0.241 e. The number of amides is 1.